The van der Waals surface area contributed by atoms with Crippen molar-refractivity contribution in [1.82, 2.24) is 0 Å². The molecule has 5 nitrogen and oxygen atoms in total. The first kappa shape index (κ1) is 8.48. The van der Waals surface area contributed by atoms with Gasteiger partial charge in [-0.25, -0.2) is 4.79 Å². The second kappa shape index (κ2) is 2.78. The molecule has 1 saturated heterocycles. The number of carbonyl (C=O) groups excluding carboxylic acids is 1. The summed E-state index contributed by atoms with van der Waals surface area (Å²) < 4.78 is 29.9. The van der Waals surface area contributed by atoms with Gasteiger partial charge in [0.1, 0.15) is 0 Å². The van der Waals surface area contributed by atoms with E-state index in [1.165, 1.54) is 0 Å². The van der Waals surface area contributed by atoms with Gasteiger partial charge in [0.15, 0.2) is 6.10 Å². The molecule has 11 heavy (non-hydrogen) atoms. The van der Waals surface area contributed by atoms with Gasteiger partial charge in [0.2, 0.25) is 0 Å². The molecule has 0 radical (unpaired) electrons. The fourth-order valence-corrected chi connectivity index (χ4v) is 1.37. The average Bonchev–Trinajstić information content (AvgIpc) is 2.12. The number of cyclic esters (lactones) is 1. The fraction of sp³-hybridized carbons (Fsp3) is 0.800. The van der Waals surface area contributed by atoms with Gasteiger partial charge in [0.05, 0.1) is 12.9 Å². The topological polar surface area (TPSA) is 69.7 Å². The minimum Gasteiger partial charge on any atom is -0.464 e. The predicted octanol–water partition coefficient (Wildman–Crippen LogP) is -0.722. The van der Waals surface area contributed by atoms with Crippen molar-refractivity contribution in [3.63, 3.8) is 0 Å². The van der Waals surface area contributed by atoms with E-state index in [9.17, 15) is 13.2 Å². The third-order valence-corrected chi connectivity index (χ3v) is 1.76. The van der Waals surface area contributed by atoms with Gasteiger partial charge in [0, 0.05) is 6.42 Å². The maximum absolute atomic E-state index is 10.6. The third kappa shape index (κ3) is 2.47. The molecule has 0 spiro atoms. The molecule has 0 amide bonds. The summed E-state index contributed by atoms with van der Waals surface area (Å²) in [6, 6.07) is 0. The van der Waals surface area contributed by atoms with Crippen molar-refractivity contribution in [1.29, 1.82) is 0 Å². The Hall–Kier alpha value is -0.620. The molecule has 0 aromatic heterocycles. The molecule has 1 fully saturated rings. The molecule has 0 aliphatic carbocycles. The summed E-state index contributed by atoms with van der Waals surface area (Å²) in [4.78, 5) is 10.6. The molecular formula is C5H8O5S. The normalized spacial score (nSPS) is 25.2. The van der Waals surface area contributed by atoms with Crippen molar-refractivity contribution >= 4 is 16.1 Å². The van der Waals surface area contributed by atoms with Crippen LogP contribution in [0.1, 0.15) is 6.42 Å². The SMILES string of the molecule is CS(=O)(=O)O[C@@H]1CCOC1=O. The second-order valence-electron chi connectivity index (χ2n) is 2.25. The second-order valence-corrected chi connectivity index (χ2v) is 3.85. The van der Waals surface area contributed by atoms with E-state index in [-0.39, 0.29) is 6.61 Å². The van der Waals surface area contributed by atoms with E-state index in [0.717, 1.165) is 6.26 Å². The first-order valence-corrected chi connectivity index (χ1v) is 4.85. The zero-order valence-electron chi connectivity index (χ0n) is 5.94. The lowest BCUT2D eigenvalue weighted by Crippen LogP contribution is -2.21. The number of rotatable bonds is 2. The monoisotopic (exact) mass is 180 g/mol. The first-order valence-electron chi connectivity index (χ1n) is 3.04. The summed E-state index contributed by atoms with van der Waals surface area (Å²) in [5.74, 6) is -0.601. The number of ether oxygens (including phenoxy) is 1. The van der Waals surface area contributed by atoms with E-state index in [1.807, 2.05) is 0 Å². The van der Waals surface area contributed by atoms with E-state index in [2.05, 4.69) is 8.92 Å². The van der Waals surface area contributed by atoms with E-state index in [4.69, 9.17) is 0 Å². The Kier molecular flexibility index (Phi) is 2.15. The van der Waals surface area contributed by atoms with Crippen molar-refractivity contribution in [3.05, 3.63) is 0 Å². The van der Waals surface area contributed by atoms with Crippen LogP contribution in [0.15, 0.2) is 0 Å². The molecular weight excluding hydrogens is 172 g/mol. The molecule has 0 bridgehead atoms. The molecule has 6 heteroatoms. The lowest BCUT2D eigenvalue weighted by atomic mass is 10.3. The molecule has 1 atom stereocenters. The standard InChI is InChI=1S/C5H8O5S/c1-11(7,8)10-4-2-3-9-5(4)6/h4H,2-3H2,1H3/t4-/m1/s1. The minimum atomic E-state index is -3.54. The molecule has 0 N–H and O–H groups in total. The third-order valence-electron chi connectivity index (χ3n) is 1.18. The zero-order valence-corrected chi connectivity index (χ0v) is 6.76. The van der Waals surface area contributed by atoms with Crippen molar-refractivity contribution in [3.8, 4) is 0 Å². The van der Waals surface area contributed by atoms with Crippen LogP contribution in [-0.2, 0) is 23.8 Å². The maximum atomic E-state index is 10.6. The summed E-state index contributed by atoms with van der Waals surface area (Å²) in [5.41, 5.74) is 0. The summed E-state index contributed by atoms with van der Waals surface area (Å²) in [5, 5.41) is 0. The van der Waals surface area contributed by atoms with Gasteiger partial charge in [-0.3, -0.25) is 4.18 Å². The van der Waals surface area contributed by atoms with Gasteiger partial charge in [0.25, 0.3) is 10.1 Å². The fourth-order valence-electron chi connectivity index (χ4n) is 0.776. The lowest BCUT2D eigenvalue weighted by Gasteiger charge is -2.03. The Morgan fingerprint density at radius 2 is 2.27 bits per heavy atom. The van der Waals surface area contributed by atoms with Crippen LogP contribution in [0.2, 0.25) is 0 Å². The Morgan fingerprint density at radius 3 is 2.64 bits per heavy atom. The lowest BCUT2D eigenvalue weighted by molar-refractivity contribution is -0.143. The van der Waals surface area contributed by atoms with Crippen molar-refractivity contribution < 1.29 is 22.1 Å². The van der Waals surface area contributed by atoms with Gasteiger partial charge >= 0.3 is 5.97 Å². The molecule has 1 aliphatic rings. The van der Waals surface area contributed by atoms with Crippen molar-refractivity contribution in [2.24, 2.45) is 0 Å². The maximum Gasteiger partial charge on any atom is 0.336 e. The largest absolute Gasteiger partial charge is 0.464 e. The van der Waals surface area contributed by atoms with E-state index in [1.54, 1.807) is 0 Å². The minimum absolute atomic E-state index is 0.235. The highest BCUT2D eigenvalue weighted by atomic mass is 32.2. The van der Waals surface area contributed by atoms with Gasteiger partial charge in [-0.1, -0.05) is 0 Å². The van der Waals surface area contributed by atoms with Gasteiger partial charge < -0.3 is 4.74 Å². The van der Waals surface area contributed by atoms with Gasteiger partial charge in [-0.15, -0.1) is 0 Å². The van der Waals surface area contributed by atoms with Crippen LogP contribution in [-0.4, -0.2) is 33.4 Å². The highest BCUT2D eigenvalue weighted by molar-refractivity contribution is 7.86. The highest BCUT2D eigenvalue weighted by Crippen LogP contribution is 2.11. The van der Waals surface area contributed by atoms with E-state index < -0.39 is 22.2 Å². The zero-order chi connectivity index (χ0) is 8.48. The molecule has 64 valence electrons. The first-order chi connectivity index (χ1) is 4.99. The Morgan fingerprint density at radius 1 is 1.64 bits per heavy atom. The van der Waals surface area contributed by atoms with Crippen LogP contribution < -0.4 is 0 Å². The number of hydrogen-bond donors (Lipinski definition) is 0. The van der Waals surface area contributed by atoms with Crippen molar-refractivity contribution in [2.45, 2.75) is 12.5 Å². The quantitative estimate of drug-likeness (QED) is 0.414. The molecule has 1 rings (SSSR count). The van der Waals surface area contributed by atoms with E-state index >= 15 is 0 Å². The number of esters is 1. The number of carbonyl (C=O) groups is 1. The van der Waals surface area contributed by atoms with Crippen LogP contribution in [0.5, 0.6) is 0 Å². The van der Waals surface area contributed by atoms with Gasteiger partial charge in [-0.2, -0.15) is 8.42 Å². The summed E-state index contributed by atoms with van der Waals surface area (Å²) in [6.45, 7) is 0.235. The molecule has 1 aliphatic heterocycles. The van der Waals surface area contributed by atoms with E-state index in [0.29, 0.717) is 6.42 Å². The Balaban J connectivity index is 2.57. The average molecular weight is 180 g/mol. The molecule has 0 aromatic carbocycles. The molecule has 1 heterocycles. The summed E-state index contributed by atoms with van der Waals surface area (Å²) in [6.07, 6.45) is 0.287. The van der Waals surface area contributed by atoms with Crippen LogP contribution in [0, 0.1) is 0 Å². The Labute approximate surface area is 64.4 Å². The predicted molar refractivity (Wildman–Crippen MR) is 35.3 cm³/mol. The van der Waals surface area contributed by atoms with Crippen LogP contribution in [0.25, 0.3) is 0 Å². The molecule has 0 unspecified atom stereocenters. The molecule has 0 aromatic rings. The van der Waals surface area contributed by atoms with Gasteiger partial charge in [-0.05, 0) is 0 Å². The van der Waals surface area contributed by atoms with Crippen LogP contribution in [0.3, 0.4) is 0 Å². The summed E-state index contributed by atoms with van der Waals surface area (Å²) >= 11 is 0. The molecule has 0 saturated carbocycles. The summed E-state index contributed by atoms with van der Waals surface area (Å²) in [7, 11) is -3.54. The van der Waals surface area contributed by atoms with Crippen molar-refractivity contribution in [2.75, 3.05) is 12.9 Å². The highest BCUT2D eigenvalue weighted by Gasteiger charge is 2.30. The van der Waals surface area contributed by atoms with Crippen LogP contribution in [0.4, 0.5) is 0 Å². The number of hydrogen-bond acceptors (Lipinski definition) is 5. The van der Waals surface area contributed by atoms with Crippen LogP contribution >= 0.6 is 0 Å². The Bertz CT molecular complexity index is 254. The smallest absolute Gasteiger partial charge is 0.336 e.